The number of hydrogen-bond acceptors (Lipinski definition) is 3. The standard InChI is InChI=1S/3C22H19N2O/c1-13-10-11-24(5)18(12-13)20-15(3)6-8-16-19-14(2)7-9-17(23-4)22(19)25-21(16)20;1-13-8-9-24(5)19(12-13)20-15(3)6-7-16-17-10-14(2)11-18(23-4)21(17)25-22(16)20;1-13-9-10-24(5)18(11-13)20-15(3)12-14(2)19-16-7-6-8-17(23-4)21(16)25-22(19)20/h3*6-12H,1-3,5H3/q3*+1/i2D3,10D;8D;2D3,9D. The van der Waals surface area contributed by atoms with Crippen molar-refractivity contribution in [1.82, 2.24) is 0 Å². The fourth-order valence-corrected chi connectivity index (χ4v) is 10.1. The Morgan fingerprint density at radius 3 is 1.41 bits per heavy atom. The fourth-order valence-electron chi connectivity index (χ4n) is 10.1. The number of aryl methyl sites for hydroxylation is 12. The Labute approximate surface area is 449 Å². The van der Waals surface area contributed by atoms with Gasteiger partial charge in [-0.2, -0.15) is 0 Å². The number of fused-ring (bicyclic) bond motifs is 9. The molecule has 0 amide bonds. The second-order valence-corrected chi connectivity index (χ2v) is 19.2. The number of para-hydroxylation sites is 1. The Balaban J connectivity index is 0.000000141. The molecule has 6 aromatic carbocycles. The van der Waals surface area contributed by atoms with Crippen molar-refractivity contribution in [2.45, 2.75) is 62.2 Å². The van der Waals surface area contributed by atoms with Gasteiger partial charge in [0.1, 0.15) is 54.6 Å². The number of furan rings is 3. The van der Waals surface area contributed by atoms with Crippen LogP contribution < -0.4 is 13.7 Å². The summed E-state index contributed by atoms with van der Waals surface area (Å²) < 4.78 is 96.3. The molecule has 6 heterocycles. The maximum Gasteiger partial charge on any atom is 0.229 e. The number of rotatable bonds is 3. The molecular weight excluding hydrogens is 925 g/mol. The molecule has 0 spiro atoms. The van der Waals surface area contributed by atoms with Gasteiger partial charge in [0.05, 0.1) is 40.5 Å². The van der Waals surface area contributed by atoms with E-state index in [2.05, 4.69) is 39.7 Å². The summed E-state index contributed by atoms with van der Waals surface area (Å²) in [6, 6.07) is 29.0. The first-order chi connectivity index (χ1) is 39.7. The van der Waals surface area contributed by atoms with Crippen LogP contribution in [0.5, 0.6) is 0 Å². The molecule has 6 aromatic heterocycles. The minimum Gasteiger partial charge on any atom is -0.466 e. The molecule has 9 nitrogen and oxygen atoms in total. The monoisotopic (exact) mass is 991 g/mol. The summed E-state index contributed by atoms with van der Waals surface area (Å²) >= 11 is 0. The van der Waals surface area contributed by atoms with E-state index >= 15 is 0 Å². The van der Waals surface area contributed by atoms with Crippen LogP contribution in [0.1, 0.15) is 62.4 Å². The molecule has 0 fully saturated rings. The van der Waals surface area contributed by atoms with E-state index in [9.17, 15) is 0 Å². The van der Waals surface area contributed by atoms with Crippen molar-refractivity contribution in [3.63, 3.8) is 0 Å². The van der Waals surface area contributed by atoms with Gasteiger partial charge < -0.3 is 13.3 Å². The molecule has 9 heteroatoms. The van der Waals surface area contributed by atoms with Crippen LogP contribution in [0, 0.1) is 81.9 Å². The molecule has 0 atom stereocenters. The van der Waals surface area contributed by atoms with Crippen LogP contribution in [-0.4, -0.2) is 0 Å². The SMILES string of the molecule is [2H]c1c[n+](C)c(-c2c(C)cc(C([2H])([2H])[2H])c3c2oc2c([N+]#[C-])cccc23)cc1C.[2H]c1c[n+](C)c(-c2c(C)ccc3c2oc2c([N+]#[C-])cc(C)cc23)cc1C.[2H]c1c[n+](C)c(-c2c(C)ccc3c2oc2c([N+]#[C-])ccc(C([2H])([2H])[2H])c23)cc1C. The number of nitrogens with zero attached hydrogens (tertiary/aromatic N) is 6. The summed E-state index contributed by atoms with van der Waals surface area (Å²) in [6.45, 7) is 31.3. The molecular formula is C66H57N6O3+3. The van der Waals surface area contributed by atoms with E-state index in [1.54, 1.807) is 36.7 Å². The van der Waals surface area contributed by atoms with Crippen LogP contribution in [0.25, 0.3) is 114 Å². The highest BCUT2D eigenvalue weighted by atomic mass is 16.3. The van der Waals surface area contributed by atoms with Gasteiger partial charge in [0.2, 0.25) is 34.1 Å². The molecule has 12 rings (SSSR count). The molecule has 0 N–H and O–H groups in total. The van der Waals surface area contributed by atoms with E-state index in [-0.39, 0.29) is 16.8 Å². The average molecular weight is 991 g/mol. The molecule has 0 unspecified atom stereocenters. The summed E-state index contributed by atoms with van der Waals surface area (Å²) in [6.07, 6.45) is 5.28. The van der Waals surface area contributed by atoms with Gasteiger partial charge in [-0.15, -0.1) is 0 Å². The third-order valence-corrected chi connectivity index (χ3v) is 13.8. The molecule has 0 radical (unpaired) electrons. The Kier molecular flexibility index (Phi) is 10.1. The van der Waals surface area contributed by atoms with Gasteiger partial charge in [0.25, 0.3) is 0 Å². The maximum atomic E-state index is 8.04. The molecule has 0 saturated carbocycles. The molecule has 0 aliphatic carbocycles. The third-order valence-electron chi connectivity index (χ3n) is 13.8. The van der Waals surface area contributed by atoms with Gasteiger partial charge in [0.15, 0.2) is 18.6 Å². The molecule has 366 valence electrons. The zero-order chi connectivity index (χ0) is 60.8. The second-order valence-electron chi connectivity index (χ2n) is 19.2. The van der Waals surface area contributed by atoms with E-state index in [1.807, 2.05) is 119 Å². The first-order valence-corrected chi connectivity index (χ1v) is 24.2. The lowest BCUT2D eigenvalue weighted by Crippen LogP contribution is -2.30. The van der Waals surface area contributed by atoms with Crippen molar-refractivity contribution in [1.29, 1.82) is 0 Å². The summed E-state index contributed by atoms with van der Waals surface area (Å²) in [5, 5.41) is 4.26. The van der Waals surface area contributed by atoms with Crippen LogP contribution in [-0.2, 0) is 21.1 Å². The van der Waals surface area contributed by atoms with Gasteiger partial charge in [0, 0.05) is 76.9 Å². The zero-order valence-corrected chi connectivity index (χ0v) is 43.3. The smallest absolute Gasteiger partial charge is 0.229 e. The number of pyridine rings is 3. The average Bonchev–Trinajstić information content (AvgIpc) is 1.78. The van der Waals surface area contributed by atoms with E-state index in [0.717, 1.165) is 89.1 Å². The lowest BCUT2D eigenvalue weighted by Gasteiger charge is -2.08. The Bertz CT molecular complexity index is 4910. The highest BCUT2D eigenvalue weighted by Gasteiger charge is 2.26. The van der Waals surface area contributed by atoms with Crippen molar-refractivity contribution < 1.29 is 39.3 Å². The highest BCUT2D eigenvalue weighted by Crippen LogP contribution is 2.45. The Morgan fingerprint density at radius 1 is 0.400 bits per heavy atom. The Hall–Kier alpha value is -9.36. The molecule has 0 aliphatic heterocycles. The summed E-state index contributed by atoms with van der Waals surface area (Å²) in [4.78, 5) is 10.7. The summed E-state index contributed by atoms with van der Waals surface area (Å²) in [5.41, 5.74) is 16.4. The lowest BCUT2D eigenvalue weighted by molar-refractivity contribution is -0.660. The number of hydrogen-bond donors (Lipinski definition) is 0. The molecule has 12 aromatic rings. The van der Waals surface area contributed by atoms with Crippen LogP contribution in [0.2, 0.25) is 0 Å². The highest BCUT2D eigenvalue weighted by molar-refractivity contribution is 6.16. The van der Waals surface area contributed by atoms with E-state index < -0.39 is 13.7 Å². The maximum absolute atomic E-state index is 8.04. The number of benzene rings is 6. The van der Waals surface area contributed by atoms with E-state index in [4.69, 9.17) is 45.3 Å². The minimum absolute atomic E-state index is 0.176. The van der Waals surface area contributed by atoms with Crippen molar-refractivity contribution in [2.24, 2.45) is 21.1 Å². The third kappa shape index (κ3) is 8.51. The van der Waals surface area contributed by atoms with Crippen molar-refractivity contribution in [3.8, 4) is 33.8 Å². The van der Waals surface area contributed by atoms with Gasteiger partial charge in [-0.25, -0.2) is 28.2 Å². The van der Waals surface area contributed by atoms with Gasteiger partial charge in [-0.1, -0.05) is 72.3 Å². The Morgan fingerprint density at radius 2 is 0.853 bits per heavy atom. The van der Waals surface area contributed by atoms with Crippen LogP contribution in [0.4, 0.5) is 17.1 Å². The second kappa shape index (κ2) is 19.2. The first kappa shape index (κ1) is 39.2. The topological polar surface area (TPSA) is 64.1 Å². The van der Waals surface area contributed by atoms with Crippen molar-refractivity contribution in [2.75, 3.05) is 0 Å². The normalized spacial score (nSPS) is 13.2. The van der Waals surface area contributed by atoms with Gasteiger partial charge >= 0.3 is 0 Å². The van der Waals surface area contributed by atoms with E-state index in [1.165, 1.54) is 12.1 Å². The van der Waals surface area contributed by atoms with Crippen LogP contribution >= 0.6 is 0 Å². The van der Waals surface area contributed by atoms with Gasteiger partial charge in [-0.05, 0) is 113 Å². The zero-order valence-electron chi connectivity index (χ0n) is 52.3. The predicted octanol–water partition coefficient (Wildman–Crippen LogP) is 16.7. The minimum atomic E-state index is -2.32. The van der Waals surface area contributed by atoms with Crippen LogP contribution in [0.3, 0.4) is 0 Å². The van der Waals surface area contributed by atoms with E-state index in [0.29, 0.717) is 79.0 Å². The molecule has 0 saturated heterocycles. The quantitative estimate of drug-likeness (QED) is 0.131. The number of aromatic nitrogens is 3. The van der Waals surface area contributed by atoms with Crippen molar-refractivity contribution in [3.05, 3.63) is 212 Å². The first-order valence-electron chi connectivity index (χ1n) is 28.7. The molecule has 0 aliphatic rings. The predicted molar refractivity (Wildman–Crippen MR) is 302 cm³/mol. The van der Waals surface area contributed by atoms with Crippen molar-refractivity contribution >= 4 is 82.9 Å². The van der Waals surface area contributed by atoms with Crippen LogP contribution in [0.15, 0.2) is 141 Å². The molecule has 75 heavy (non-hydrogen) atoms. The van der Waals surface area contributed by atoms with Gasteiger partial charge in [-0.3, -0.25) is 0 Å². The molecule has 0 bridgehead atoms. The fraction of sp³-hybridized carbons (Fsp3) is 0.182. The lowest BCUT2D eigenvalue weighted by atomic mass is 9.96. The summed E-state index contributed by atoms with van der Waals surface area (Å²) in [5.74, 6) is 0. The largest absolute Gasteiger partial charge is 0.466 e. The summed E-state index contributed by atoms with van der Waals surface area (Å²) in [7, 11) is 5.66.